The minimum atomic E-state index is -2.83. The van der Waals surface area contributed by atoms with Crippen LogP contribution in [0.1, 0.15) is 5.56 Å². The lowest BCUT2D eigenvalue weighted by atomic mass is 9.80. The van der Waals surface area contributed by atoms with Gasteiger partial charge in [0, 0.05) is 44.0 Å². The fraction of sp³-hybridized carbons (Fsp3) is 0.588. The van der Waals surface area contributed by atoms with Crippen LogP contribution in [0.2, 0.25) is 0 Å². The molecule has 2 bridgehead atoms. The van der Waals surface area contributed by atoms with Crippen LogP contribution in [0.25, 0.3) is 0 Å². The van der Waals surface area contributed by atoms with E-state index in [1.807, 2.05) is 23.1 Å². The lowest BCUT2D eigenvalue weighted by Gasteiger charge is -2.50. The third-order valence-corrected chi connectivity index (χ3v) is 5.47. The molecule has 4 rings (SSSR count). The van der Waals surface area contributed by atoms with Gasteiger partial charge in [-0.1, -0.05) is 6.07 Å². The maximum atomic E-state index is 14.5. The summed E-state index contributed by atoms with van der Waals surface area (Å²) in [6, 6.07) is 5.72. The van der Waals surface area contributed by atoms with Crippen LogP contribution in [-0.4, -0.2) is 60.8 Å². The average molecular weight is 353 g/mol. The molecule has 8 heteroatoms. The zero-order chi connectivity index (χ0) is 17.8. The first-order valence-corrected chi connectivity index (χ1v) is 8.46. The number of hydrogen-bond donors (Lipinski definition) is 2. The third kappa shape index (κ3) is 2.78. The van der Waals surface area contributed by atoms with Crippen molar-refractivity contribution in [1.82, 2.24) is 4.90 Å². The fourth-order valence-corrected chi connectivity index (χ4v) is 4.10. The fourth-order valence-electron chi connectivity index (χ4n) is 4.10. The van der Waals surface area contributed by atoms with E-state index >= 15 is 0 Å². The molecule has 0 saturated carbocycles. The minimum Gasteiger partial charge on any atom is -0.492 e. The molecule has 3 N–H and O–H groups in total. The van der Waals surface area contributed by atoms with Gasteiger partial charge in [-0.15, -0.1) is 0 Å². The molecular formula is C17H21F2N3O3. The van der Waals surface area contributed by atoms with Gasteiger partial charge in [0.2, 0.25) is 0 Å². The van der Waals surface area contributed by atoms with Crippen LogP contribution in [0.5, 0.6) is 5.75 Å². The van der Waals surface area contributed by atoms with E-state index in [0.717, 1.165) is 28.3 Å². The van der Waals surface area contributed by atoms with Crippen LogP contribution in [0.15, 0.2) is 18.2 Å². The quantitative estimate of drug-likeness (QED) is 0.802. The van der Waals surface area contributed by atoms with E-state index in [1.165, 1.54) is 0 Å². The lowest BCUT2D eigenvalue weighted by Crippen LogP contribution is -2.64. The molecule has 0 aromatic heterocycles. The number of amides is 1. The summed E-state index contributed by atoms with van der Waals surface area (Å²) in [5.74, 6) is -4.07. The lowest BCUT2D eigenvalue weighted by molar-refractivity contribution is -0.151. The molecule has 3 aliphatic rings. The van der Waals surface area contributed by atoms with Crippen molar-refractivity contribution in [3.63, 3.8) is 0 Å². The maximum Gasteiger partial charge on any atom is 0.407 e. The average Bonchev–Trinajstić information content (AvgIpc) is 2.53. The van der Waals surface area contributed by atoms with E-state index in [-0.39, 0.29) is 32.2 Å². The highest BCUT2D eigenvalue weighted by Crippen LogP contribution is 2.44. The van der Waals surface area contributed by atoms with Gasteiger partial charge in [0.1, 0.15) is 12.4 Å². The van der Waals surface area contributed by atoms with Crippen LogP contribution in [0.4, 0.5) is 19.3 Å². The zero-order valence-electron chi connectivity index (χ0n) is 13.7. The van der Waals surface area contributed by atoms with E-state index < -0.39 is 23.9 Å². The number of piperidine rings is 2. The summed E-state index contributed by atoms with van der Waals surface area (Å²) in [5, 5.41) is 9.14. The van der Waals surface area contributed by atoms with Gasteiger partial charge in [-0.25, -0.2) is 13.6 Å². The molecule has 0 radical (unpaired) electrons. The molecule has 1 aromatic carbocycles. The molecule has 0 spiro atoms. The SMILES string of the molecule is NC1COc2cc(N3CC4CN(C(=O)O)CC(C3)C4(F)F)ccc2C1. The second-order valence-electron chi connectivity index (χ2n) is 7.23. The maximum absolute atomic E-state index is 14.5. The largest absolute Gasteiger partial charge is 0.492 e. The van der Waals surface area contributed by atoms with Crippen molar-refractivity contribution < 1.29 is 23.4 Å². The van der Waals surface area contributed by atoms with Crippen molar-refractivity contribution >= 4 is 11.8 Å². The molecule has 2 saturated heterocycles. The molecule has 3 atom stereocenters. The first kappa shape index (κ1) is 16.4. The number of nitrogens with zero attached hydrogens (tertiary/aromatic N) is 2. The van der Waals surface area contributed by atoms with Crippen molar-refractivity contribution in [2.45, 2.75) is 18.4 Å². The second kappa shape index (κ2) is 5.72. The minimum absolute atomic E-state index is 0.0200. The molecular weight excluding hydrogens is 332 g/mol. The number of fused-ring (bicyclic) bond motifs is 3. The van der Waals surface area contributed by atoms with Crippen LogP contribution < -0.4 is 15.4 Å². The Balaban J connectivity index is 1.57. The Hall–Kier alpha value is -2.09. The Morgan fingerprint density at radius 1 is 1.24 bits per heavy atom. The Kier molecular flexibility index (Phi) is 3.75. The van der Waals surface area contributed by atoms with E-state index in [4.69, 9.17) is 15.6 Å². The molecule has 25 heavy (non-hydrogen) atoms. The molecule has 1 aromatic rings. The number of carbonyl (C=O) groups is 1. The summed E-state index contributed by atoms with van der Waals surface area (Å²) in [6.07, 6.45) is -0.385. The highest BCUT2D eigenvalue weighted by Gasteiger charge is 2.56. The van der Waals surface area contributed by atoms with Gasteiger partial charge >= 0.3 is 6.09 Å². The van der Waals surface area contributed by atoms with E-state index in [9.17, 15) is 13.6 Å². The van der Waals surface area contributed by atoms with Gasteiger partial charge in [0.05, 0.1) is 11.8 Å². The standard InChI is InChI=1S/C17H21F2N3O3/c18-17(19)11-5-21(6-12(17)8-22(7-11)16(23)24)14-2-1-10-3-13(20)9-25-15(10)4-14/h1-2,4,11-13H,3,5-9,20H2,(H,23,24). The Morgan fingerprint density at radius 2 is 1.92 bits per heavy atom. The number of rotatable bonds is 1. The number of ether oxygens (including phenoxy) is 1. The van der Waals surface area contributed by atoms with Crippen molar-refractivity contribution in [3.05, 3.63) is 23.8 Å². The molecule has 136 valence electrons. The van der Waals surface area contributed by atoms with Crippen LogP contribution in [0.3, 0.4) is 0 Å². The van der Waals surface area contributed by atoms with Gasteiger partial charge in [0.25, 0.3) is 5.92 Å². The zero-order valence-corrected chi connectivity index (χ0v) is 13.7. The van der Waals surface area contributed by atoms with Crippen molar-refractivity contribution in [3.8, 4) is 5.75 Å². The number of hydrogen-bond acceptors (Lipinski definition) is 4. The van der Waals surface area contributed by atoms with Gasteiger partial charge in [0.15, 0.2) is 0 Å². The highest BCUT2D eigenvalue weighted by molar-refractivity contribution is 5.65. The summed E-state index contributed by atoms with van der Waals surface area (Å²) in [4.78, 5) is 14.2. The third-order valence-electron chi connectivity index (χ3n) is 5.47. The van der Waals surface area contributed by atoms with Gasteiger partial charge in [-0.05, 0) is 18.1 Å². The molecule has 0 aliphatic carbocycles. The Labute approximate surface area is 144 Å². The van der Waals surface area contributed by atoms with Gasteiger partial charge in [-0.2, -0.15) is 0 Å². The number of carboxylic acid groups (broad SMARTS) is 1. The second-order valence-corrected chi connectivity index (χ2v) is 7.23. The number of nitrogens with two attached hydrogens (primary N) is 1. The summed E-state index contributed by atoms with van der Waals surface area (Å²) in [7, 11) is 0. The monoisotopic (exact) mass is 353 g/mol. The van der Waals surface area contributed by atoms with Crippen molar-refractivity contribution in [1.29, 1.82) is 0 Å². The summed E-state index contributed by atoms with van der Waals surface area (Å²) >= 11 is 0. The first-order valence-electron chi connectivity index (χ1n) is 8.46. The van der Waals surface area contributed by atoms with E-state index in [1.54, 1.807) is 0 Å². The molecule has 6 nitrogen and oxygen atoms in total. The van der Waals surface area contributed by atoms with Crippen LogP contribution in [0, 0.1) is 11.8 Å². The molecule has 3 aliphatic heterocycles. The molecule has 2 fully saturated rings. The van der Waals surface area contributed by atoms with Crippen LogP contribution in [-0.2, 0) is 6.42 Å². The summed E-state index contributed by atoms with van der Waals surface area (Å²) in [6.45, 7) is 0.446. The first-order chi connectivity index (χ1) is 11.8. The predicted octanol–water partition coefficient (Wildman–Crippen LogP) is 1.63. The van der Waals surface area contributed by atoms with Crippen molar-refractivity contribution in [2.24, 2.45) is 17.6 Å². The van der Waals surface area contributed by atoms with E-state index in [2.05, 4.69) is 0 Å². The molecule has 1 amide bonds. The summed E-state index contributed by atoms with van der Waals surface area (Å²) < 4.78 is 34.6. The number of anilines is 1. The number of halogens is 2. The van der Waals surface area contributed by atoms with Crippen LogP contribution >= 0.6 is 0 Å². The topological polar surface area (TPSA) is 79.0 Å². The van der Waals surface area contributed by atoms with E-state index in [0.29, 0.717) is 6.61 Å². The normalized spacial score (nSPS) is 30.4. The smallest absolute Gasteiger partial charge is 0.407 e. The number of benzene rings is 1. The predicted molar refractivity (Wildman–Crippen MR) is 87.4 cm³/mol. The Bertz CT molecular complexity index is 682. The molecule has 3 heterocycles. The van der Waals surface area contributed by atoms with Gasteiger partial charge in [-0.3, -0.25) is 0 Å². The molecule has 3 unspecified atom stereocenters. The van der Waals surface area contributed by atoms with Gasteiger partial charge < -0.3 is 25.4 Å². The van der Waals surface area contributed by atoms with Crippen molar-refractivity contribution in [2.75, 3.05) is 37.7 Å². The number of likely N-dealkylation sites (tertiary alicyclic amines) is 1. The number of alkyl halides is 2. The summed E-state index contributed by atoms with van der Waals surface area (Å²) in [5.41, 5.74) is 7.75. The highest BCUT2D eigenvalue weighted by atomic mass is 19.3. The Morgan fingerprint density at radius 3 is 2.56 bits per heavy atom.